The van der Waals surface area contributed by atoms with Crippen LogP contribution in [0.3, 0.4) is 0 Å². The van der Waals surface area contributed by atoms with E-state index < -0.39 is 5.97 Å². The first-order valence-corrected chi connectivity index (χ1v) is 4.23. The average Bonchev–Trinajstić information content (AvgIpc) is 2.67. The van der Waals surface area contributed by atoms with Crippen LogP contribution in [0.2, 0.25) is 0 Å². The number of carbonyl (C=O) groups excluding carboxylic acids is 1. The monoisotopic (exact) mass is 165 g/mol. The van der Waals surface area contributed by atoms with Gasteiger partial charge in [0, 0.05) is 0 Å². The van der Waals surface area contributed by atoms with Crippen LogP contribution < -0.4 is 5.11 Å². The maximum atomic E-state index is 9.14. The van der Waals surface area contributed by atoms with Crippen LogP contribution in [-0.2, 0) is 4.79 Å². The van der Waals surface area contributed by atoms with Crippen LogP contribution >= 0.6 is 0 Å². The third-order valence-electron chi connectivity index (χ3n) is 2.33. The Morgan fingerprint density at radius 3 is 2.50 bits per heavy atom. The lowest BCUT2D eigenvalue weighted by Gasteiger charge is -1.98. The number of hydrogen-bond acceptors (Lipinski definition) is 2. The summed E-state index contributed by atoms with van der Waals surface area (Å²) < 4.78 is 0. The van der Waals surface area contributed by atoms with Gasteiger partial charge in [0.2, 0.25) is 0 Å². The summed E-state index contributed by atoms with van der Waals surface area (Å²) in [5, 5.41) is 9.14. The third-order valence-corrected chi connectivity index (χ3v) is 2.33. The summed E-state index contributed by atoms with van der Waals surface area (Å²) in [5.41, 5.74) is 1.74. The molecule has 2 bridgehead atoms. The molecule has 2 aliphatic rings. The van der Waals surface area contributed by atoms with Crippen molar-refractivity contribution in [3.05, 3.63) is 24.3 Å². The van der Waals surface area contributed by atoms with Gasteiger partial charge in [-0.3, -0.25) is 0 Å². The van der Waals surface area contributed by atoms with Crippen molar-refractivity contribution in [3.8, 4) is 0 Å². The maximum absolute atomic E-state index is 9.14. The van der Waals surface area contributed by atoms with Crippen molar-refractivity contribution in [2.75, 3.05) is 0 Å². The largest absolute Gasteiger partial charge is 0.545 e. The van der Waals surface area contributed by atoms with E-state index in [-0.39, 0.29) is 0 Å². The van der Waals surface area contributed by atoms with Gasteiger partial charge in [-0.15, -0.1) is 0 Å². The lowest BCUT2D eigenvalue weighted by Crippen LogP contribution is -2.17. The van der Waals surface area contributed by atoms with Crippen molar-refractivity contribution in [1.29, 1.82) is 0 Å². The van der Waals surface area contributed by atoms with Crippen molar-refractivity contribution in [1.82, 2.24) is 0 Å². The van der Waals surface area contributed by atoms with E-state index in [1.54, 1.807) is 5.57 Å². The van der Waals surface area contributed by atoms with Crippen LogP contribution in [0.1, 0.15) is 25.7 Å². The van der Waals surface area contributed by atoms with Crippen molar-refractivity contribution in [2.24, 2.45) is 5.92 Å². The zero-order valence-electron chi connectivity index (χ0n) is 7.08. The third kappa shape index (κ3) is 2.53. The van der Waals surface area contributed by atoms with Crippen molar-refractivity contribution in [2.45, 2.75) is 25.7 Å². The van der Waals surface area contributed by atoms with Crippen molar-refractivity contribution in [3.63, 3.8) is 0 Å². The van der Waals surface area contributed by atoms with E-state index in [0.717, 1.165) is 12.0 Å². The number of fused-ring (bicyclic) bond motifs is 2. The Labute approximate surface area is 72.6 Å². The summed E-state index contributed by atoms with van der Waals surface area (Å²) in [6, 6.07) is 0. The minimum absolute atomic E-state index is 0.722. The predicted molar refractivity (Wildman–Crippen MR) is 45.2 cm³/mol. The van der Waals surface area contributed by atoms with Gasteiger partial charge in [0.1, 0.15) is 0 Å². The van der Waals surface area contributed by atoms with E-state index in [1.807, 2.05) is 0 Å². The number of carboxylic acid groups (broad SMARTS) is 1. The Hall–Kier alpha value is -1.05. The SMILES string of the molecule is C1=C2CCC(C1)C2.C=CC(=O)[O-]. The molecular formula is C10H13O2-. The molecule has 0 saturated heterocycles. The van der Waals surface area contributed by atoms with Crippen LogP contribution in [0.15, 0.2) is 24.3 Å². The van der Waals surface area contributed by atoms with Gasteiger partial charge in [-0.2, -0.15) is 0 Å². The first-order valence-electron chi connectivity index (χ1n) is 4.23. The lowest BCUT2D eigenvalue weighted by molar-refractivity contribution is -0.297. The van der Waals surface area contributed by atoms with Gasteiger partial charge in [-0.25, -0.2) is 0 Å². The Morgan fingerprint density at radius 2 is 2.42 bits per heavy atom. The Bertz CT molecular complexity index is 216. The zero-order chi connectivity index (χ0) is 8.97. The van der Waals surface area contributed by atoms with E-state index in [0.29, 0.717) is 0 Å². The van der Waals surface area contributed by atoms with Gasteiger partial charge in [0.25, 0.3) is 0 Å². The fourth-order valence-electron chi connectivity index (χ4n) is 1.68. The Kier molecular flexibility index (Phi) is 3.09. The Morgan fingerprint density at radius 1 is 1.75 bits per heavy atom. The standard InChI is InChI=1S/C7H10.C3H4O2/c1-2-7-4-3-6(1)5-7;1-2-3(4)5/h1,7H,2-5H2;2H,1H2,(H,4,5)/p-1. The first-order chi connectivity index (χ1) is 5.72. The fraction of sp³-hybridized carbons (Fsp3) is 0.500. The van der Waals surface area contributed by atoms with E-state index in [9.17, 15) is 0 Å². The number of allylic oxidation sites excluding steroid dienone is 2. The average molecular weight is 165 g/mol. The first kappa shape index (κ1) is 9.04. The summed E-state index contributed by atoms with van der Waals surface area (Å²) in [6.45, 7) is 2.90. The summed E-state index contributed by atoms with van der Waals surface area (Å²) in [4.78, 5) is 9.14. The highest BCUT2D eigenvalue weighted by atomic mass is 16.4. The predicted octanol–water partition coefficient (Wildman–Crippen LogP) is 1.04. The molecule has 0 radical (unpaired) electrons. The quantitative estimate of drug-likeness (QED) is 0.430. The van der Waals surface area contributed by atoms with Crippen molar-refractivity contribution < 1.29 is 9.90 Å². The fourth-order valence-corrected chi connectivity index (χ4v) is 1.68. The molecule has 2 heteroatoms. The second-order valence-corrected chi connectivity index (χ2v) is 3.23. The highest BCUT2D eigenvalue weighted by Crippen LogP contribution is 2.38. The summed E-state index contributed by atoms with van der Waals surface area (Å²) >= 11 is 0. The molecule has 66 valence electrons. The minimum Gasteiger partial charge on any atom is -0.545 e. The normalized spacial score (nSPS) is 24.0. The second kappa shape index (κ2) is 4.10. The highest BCUT2D eigenvalue weighted by molar-refractivity contribution is 5.76. The van der Waals surface area contributed by atoms with Gasteiger partial charge in [-0.05, 0) is 37.7 Å². The number of aliphatic carboxylic acids is 1. The van der Waals surface area contributed by atoms with Gasteiger partial charge in [0.15, 0.2) is 0 Å². The molecule has 2 nitrogen and oxygen atoms in total. The molecule has 0 aromatic heterocycles. The van der Waals surface area contributed by atoms with Gasteiger partial charge in [-0.1, -0.05) is 18.2 Å². The maximum Gasteiger partial charge on any atom is 0.0636 e. The van der Waals surface area contributed by atoms with E-state index in [4.69, 9.17) is 9.90 Å². The minimum atomic E-state index is -1.23. The highest BCUT2D eigenvalue weighted by Gasteiger charge is 2.22. The number of carbonyl (C=O) groups is 1. The molecule has 0 aromatic rings. The van der Waals surface area contributed by atoms with Crippen LogP contribution in [0, 0.1) is 5.92 Å². The van der Waals surface area contributed by atoms with Crippen LogP contribution in [0.4, 0.5) is 0 Å². The molecule has 0 amide bonds. The zero-order valence-corrected chi connectivity index (χ0v) is 7.08. The molecule has 0 aliphatic heterocycles. The molecule has 1 unspecified atom stereocenters. The second-order valence-electron chi connectivity index (χ2n) is 3.23. The molecular weight excluding hydrogens is 152 g/mol. The smallest absolute Gasteiger partial charge is 0.0636 e. The number of rotatable bonds is 1. The molecule has 1 atom stereocenters. The van der Waals surface area contributed by atoms with Crippen molar-refractivity contribution >= 4 is 5.97 Å². The summed E-state index contributed by atoms with van der Waals surface area (Å²) in [7, 11) is 0. The molecule has 0 N–H and O–H groups in total. The van der Waals surface area contributed by atoms with Crippen LogP contribution in [-0.4, -0.2) is 5.97 Å². The van der Waals surface area contributed by atoms with Crippen LogP contribution in [0.5, 0.6) is 0 Å². The number of hydrogen-bond donors (Lipinski definition) is 0. The number of carboxylic acids is 1. The topological polar surface area (TPSA) is 40.1 Å². The van der Waals surface area contributed by atoms with E-state index >= 15 is 0 Å². The van der Waals surface area contributed by atoms with E-state index in [1.165, 1.54) is 25.7 Å². The summed E-state index contributed by atoms with van der Waals surface area (Å²) in [5.74, 6) is -0.153. The molecule has 12 heavy (non-hydrogen) atoms. The molecule has 0 heterocycles. The Balaban J connectivity index is 0.000000130. The molecule has 2 rings (SSSR count). The van der Waals surface area contributed by atoms with Gasteiger partial charge < -0.3 is 9.90 Å². The molecule has 1 fully saturated rings. The molecule has 1 saturated carbocycles. The lowest BCUT2D eigenvalue weighted by atomic mass is 10.1. The molecule has 2 aliphatic carbocycles. The summed E-state index contributed by atoms with van der Waals surface area (Å²) in [6.07, 6.45) is 8.90. The van der Waals surface area contributed by atoms with E-state index in [2.05, 4.69) is 12.7 Å². The van der Waals surface area contributed by atoms with Gasteiger partial charge in [0.05, 0.1) is 5.97 Å². The van der Waals surface area contributed by atoms with Gasteiger partial charge >= 0.3 is 0 Å². The van der Waals surface area contributed by atoms with Crippen LogP contribution in [0.25, 0.3) is 0 Å². The molecule has 0 aromatic carbocycles. The molecule has 0 spiro atoms.